The highest BCUT2D eigenvalue weighted by Crippen LogP contribution is 2.32. The van der Waals surface area contributed by atoms with Gasteiger partial charge in [0.15, 0.2) is 6.23 Å². The van der Waals surface area contributed by atoms with Crippen molar-refractivity contribution in [2.45, 2.75) is 44.4 Å². The molecule has 1 aliphatic rings. The highest BCUT2D eigenvalue weighted by atomic mass is 19.4. The molecule has 0 saturated carbocycles. The minimum Gasteiger partial charge on any atom is -0.382 e. The molecule has 0 bridgehead atoms. The van der Waals surface area contributed by atoms with Crippen LogP contribution in [0.3, 0.4) is 0 Å². The third-order valence-electron chi connectivity index (χ3n) is 4.49. The Bertz CT molecular complexity index is 945. The maximum atomic E-state index is 12.3. The van der Waals surface area contributed by atoms with E-state index in [-0.39, 0.29) is 18.8 Å². The molecule has 1 amide bonds. The second-order valence-electron chi connectivity index (χ2n) is 6.69. The molecular weight excluding hydrogens is 411 g/mol. The lowest BCUT2D eigenvalue weighted by Crippen LogP contribution is -2.53. The molecule has 1 aromatic heterocycles. The summed E-state index contributed by atoms with van der Waals surface area (Å²) in [6.07, 6.45) is -4.80. The molecule has 0 aromatic carbocycles. The summed E-state index contributed by atoms with van der Waals surface area (Å²) in [5, 5.41) is 1.56. The Morgan fingerprint density at radius 3 is 2.77 bits per heavy atom. The lowest BCUT2D eigenvalue weighted by Gasteiger charge is -2.43. The molecule has 3 atom stereocenters. The number of hydrogen-bond acceptors (Lipinski definition) is 6. The van der Waals surface area contributed by atoms with E-state index in [1.165, 1.54) is 7.11 Å². The van der Waals surface area contributed by atoms with E-state index in [0.29, 0.717) is 6.42 Å². The molecule has 0 radical (unpaired) electrons. The fraction of sp³-hybridized carbons (Fsp3) is 0.611. The summed E-state index contributed by atoms with van der Waals surface area (Å²) in [5.41, 5.74) is -2.57. The summed E-state index contributed by atoms with van der Waals surface area (Å²) in [5.74, 6) is 2.44. The number of rotatable bonds is 5. The number of amides is 1. The van der Waals surface area contributed by atoms with E-state index < -0.39 is 47.8 Å². The van der Waals surface area contributed by atoms with Crippen molar-refractivity contribution < 1.29 is 32.2 Å². The van der Waals surface area contributed by atoms with Crippen LogP contribution in [0.15, 0.2) is 15.8 Å². The molecule has 3 unspecified atom stereocenters. The maximum absolute atomic E-state index is 12.3. The van der Waals surface area contributed by atoms with Crippen LogP contribution in [0, 0.1) is 11.8 Å². The topological polar surface area (TPSA) is 112 Å². The molecule has 2 N–H and O–H groups in total. The largest absolute Gasteiger partial charge is 0.471 e. The highest BCUT2D eigenvalue weighted by Gasteiger charge is 2.41. The van der Waals surface area contributed by atoms with Gasteiger partial charge in [0.2, 0.25) is 0 Å². The van der Waals surface area contributed by atoms with Crippen molar-refractivity contribution in [3.63, 3.8) is 0 Å². The van der Waals surface area contributed by atoms with Crippen molar-refractivity contribution >= 4 is 5.91 Å². The molecule has 9 nitrogen and oxygen atoms in total. The van der Waals surface area contributed by atoms with Gasteiger partial charge in [0.1, 0.15) is 17.3 Å². The number of hydrogen-bond donors (Lipinski definition) is 2. The van der Waals surface area contributed by atoms with Gasteiger partial charge in [-0.1, -0.05) is 18.8 Å². The van der Waals surface area contributed by atoms with E-state index in [1.54, 1.807) is 12.2 Å². The van der Waals surface area contributed by atoms with Crippen LogP contribution < -0.4 is 16.6 Å². The molecule has 1 fully saturated rings. The number of carbonyl (C=O) groups is 1. The Hall–Kier alpha value is -2.62. The fourth-order valence-electron chi connectivity index (χ4n) is 2.79. The van der Waals surface area contributed by atoms with Gasteiger partial charge in [-0.25, -0.2) is 4.79 Å². The Morgan fingerprint density at radius 2 is 2.17 bits per heavy atom. The number of aromatic amines is 1. The first-order chi connectivity index (χ1) is 14.0. The van der Waals surface area contributed by atoms with Crippen LogP contribution in [-0.4, -0.2) is 60.2 Å². The van der Waals surface area contributed by atoms with Crippen molar-refractivity contribution in [1.82, 2.24) is 14.9 Å². The average molecular weight is 433 g/mol. The predicted molar refractivity (Wildman–Crippen MR) is 97.7 cm³/mol. The first-order valence-corrected chi connectivity index (χ1v) is 9.00. The lowest BCUT2D eigenvalue weighted by molar-refractivity contribution is -0.267. The van der Waals surface area contributed by atoms with Gasteiger partial charge in [-0.15, -0.1) is 0 Å². The van der Waals surface area contributed by atoms with E-state index in [1.807, 2.05) is 6.92 Å². The number of ether oxygens (including phenoxy) is 3. The van der Waals surface area contributed by atoms with E-state index >= 15 is 0 Å². The van der Waals surface area contributed by atoms with Gasteiger partial charge in [0.25, 0.3) is 5.56 Å². The normalized spacial score (nSPS) is 24.1. The minimum atomic E-state index is -5.03. The van der Waals surface area contributed by atoms with Crippen molar-refractivity contribution in [2.75, 3.05) is 26.9 Å². The van der Waals surface area contributed by atoms with Gasteiger partial charge in [0.05, 0.1) is 19.8 Å². The Labute approximate surface area is 169 Å². The maximum Gasteiger partial charge on any atom is 0.471 e. The van der Waals surface area contributed by atoms with Gasteiger partial charge >= 0.3 is 17.8 Å². The summed E-state index contributed by atoms with van der Waals surface area (Å²) in [7, 11) is 1.51. The molecular formula is C18H22F3N3O6. The third kappa shape index (κ3) is 5.50. The lowest BCUT2D eigenvalue weighted by atomic mass is 10.0. The number of halogens is 3. The van der Waals surface area contributed by atoms with Gasteiger partial charge in [-0.3, -0.25) is 19.1 Å². The second-order valence-corrected chi connectivity index (χ2v) is 6.69. The summed E-state index contributed by atoms with van der Waals surface area (Å²) >= 11 is 0. The van der Waals surface area contributed by atoms with Gasteiger partial charge in [-0.05, 0) is 13.3 Å². The molecule has 1 aliphatic heterocycles. The number of alkyl halides is 3. The van der Waals surface area contributed by atoms with Gasteiger partial charge < -0.3 is 19.5 Å². The smallest absolute Gasteiger partial charge is 0.382 e. The van der Waals surface area contributed by atoms with Crippen LogP contribution >= 0.6 is 0 Å². The van der Waals surface area contributed by atoms with Crippen LogP contribution in [0.4, 0.5) is 13.2 Å². The van der Waals surface area contributed by atoms with Gasteiger partial charge in [-0.2, -0.15) is 13.2 Å². The average Bonchev–Trinajstić information content (AvgIpc) is 2.67. The first-order valence-electron chi connectivity index (χ1n) is 9.00. The monoisotopic (exact) mass is 433 g/mol. The SMILES string of the molecule is CCC1(COC)COC(C)C(n2cc(C#CCNC(=O)C(F)(F)F)c(=O)[nH]c2=O)O1. The number of nitrogens with one attached hydrogen (secondary N) is 2. The van der Waals surface area contributed by atoms with E-state index in [2.05, 4.69) is 16.8 Å². The van der Waals surface area contributed by atoms with Crippen LogP contribution in [0.1, 0.15) is 32.1 Å². The Kier molecular flexibility index (Phi) is 7.46. The van der Waals surface area contributed by atoms with E-state index in [0.717, 1.165) is 10.8 Å². The van der Waals surface area contributed by atoms with E-state index in [9.17, 15) is 27.6 Å². The summed E-state index contributed by atoms with van der Waals surface area (Å²) in [6, 6.07) is 0. The van der Waals surface area contributed by atoms with Crippen LogP contribution in [-0.2, 0) is 19.0 Å². The molecule has 0 spiro atoms. The van der Waals surface area contributed by atoms with Crippen LogP contribution in [0.25, 0.3) is 0 Å². The summed E-state index contributed by atoms with van der Waals surface area (Å²) in [6.45, 7) is 3.39. The van der Waals surface area contributed by atoms with E-state index in [4.69, 9.17) is 14.2 Å². The highest BCUT2D eigenvalue weighted by molar-refractivity contribution is 5.81. The molecule has 2 heterocycles. The molecule has 1 saturated heterocycles. The number of nitrogens with zero attached hydrogens (tertiary/aromatic N) is 1. The first kappa shape index (κ1) is 23.7. The van der Waals surface area contributed by atoms with Crippen molar-refractivity contribution in [1.29, 1.82) is 0 Å². The number of carbonyl (C=O) groups excluding carboxylic acids is 1. The van der Waals surface area contributed by atoms with Crippen LogP contribution in [0.2, 0.25) is 0 Å². The number of aromatic nitrogens is 2. The molecule has 2 rings (SSSR count). The Balaban J connectivity index is 2.28. The molecule has 30 heavy (non-hydrogen) atoms. The minimum absolute atomic E-state index is 0.189. The number of H-pyrrole nitrogens is 1. The zero-order valence-corrected chi connectivity index (χ0v) is 16.6. The van der Waals surface area contributed by atoms with Crippen molar-refractivity contribution in [2.24, 2.45) is 0 Å². The molecule has 1 aromatic rings. The van der Waals surface area contributed by atoms with Crippen molar-refractivity contribution in [3.8, 4) is 11.8 Å². The summed E-state index contributed by atoms with van der Waals surface area (Å²) in [4.78, 5) is 37.2. The quantitative estimate of drug-likeness (QED) is 0.646. The van der Waals surface area contributed by atoms with Crippen molar-refractivity contribution in [3.05, 3.63) is 32.6 Å². The molecule has 166 valence electrons. The third-order valence-corrected chi connectivity index (χ3v) is 4.49. The molecule has 0 aliphatic carbocycles. The zero-order valence-electron chi connectivity index (χ0n) is 16.6. The second kappa shape index (κ2) is 9.46. The molecule has 12 heteroatoms. The Morgan fingerprint density at radius 1 is 1.47 bits per heavy atom. The number of methoxy groups -OCH3 is 1. The van der Waals surface area contributed by atoms with Crippen LogP contribution in [0.5, 0.6) is 0 Å². The summed E-state index contributed by atoms with van der Waals surface area (Å²) < 4.78 is 54.6. The zero-order chi connectivity index (χ0) is 22.5. The van der Waals surface area contributed by atoms with Gasteiger partial charge in [0, 0.05) is 13.3 Å². The standard InChI is InChI=1S/C18H22F3N3O6/c1-4-17(9-28-3)10-29-11(2)14(30-17)24-8-12(13(25)23-16(24)27)6-5-7-22-15(26)18(19,20)21/h8,11,14H,4,7,9-10H2,1-3H3,(H,22,26)(H,23,25,27). The predicted octanol–water partition coefficient (Wildman–Crippen LogP) is 0.296. The fourth-order valence-corrected chi connectivity index (χ4v) is 2.79.